The largest absolute Gasteiger partial charge is 0.355 e. The van der Waals surface area contributed by atoms with E-state index in [1.807, 2.05) is 6.92 Å². The average Bonchev–Trinajstić information content (AvgIpc) is 2.73. The summed E-state index contributed by atoms with van der Waals surface area (Å²) in [6.45, 7) is 2.61. The van der Waals surface area contributed by atoms with Crippen LogP contribution in [-0.4, -0.2) is 37.3 Å². The lowest BCUT2D eigenvalue weighted by atomic mass is 9.89. The maximum absolute atomic E-state index is 12.8. The van der Waals surface area contributed by atoms with Crippen molar-refractivity contribution in [3.63, 3.8) is 0 Å². The van der Waals surface area contributed by atoms with Crippen LogP contribution in [0.2, 0.25) is 0 Å². The van der Waals surface area contributed by atoms with Gasteiger partial charge in [-0.15, -0.1) is 0 Å². The van der Waals surface area contributed by atoms with Gasteiger partial charge in [-0.25, -0.2) is 14.8 Å². The third-order valence-electron chi connectivity index (χ3n) is 5.17. The Kier molecular flexibility index (Phi) is 6.53. The molecule has 0 aliphatic heterocycles. The van der Waals surface area contributed by atoms with E-state index in [2.05, 4.69) is 10.3 Å². The zero-order valence-electron chi connectivity index (χ0n) is 16.7. The average molecular weight is 406 g/mol. The minimum absolute atomic E-state index is 0.0977. The molecule has 0 atom stereocenters. The van der Waals surface area contributed by atoms with Gasteiger partial charge in [0.25, 0.3) is 5.56 Å². The SMILES string of the molecule is CCCNC(=O)CSc1nc(C2CCCCC2)nc2c1c(=O)n(C)c(=O)n2C. The molecule has 0 bridgehead atoms. The Labute approximate surface area is 167 Å². The molecule has 0 aromatic carbocycles. The Morgan fingerprint density at radius 3 is 2.54 bits per heavy atom. The van der Waals surface area contributed by atoms with Crippen molar-refractivity contribution in [3.8, 4) is 0 Å². The molecule has 1 saturated carbocycles. The fraction of sp³-hybridized carbons (Fsp3) is 0.632. The normalized spacial score (nSPS) is 15.1. The molecule has 1 aliphatic rings. The number of rotatable bonds is 6. The van der Waals surface area contributed by atoms with Crippen molar-refractivity contribution in [2.45, 2.75) is 56.4 Å². The number of aromatic nitrogens is 4. The Balaban J connectivity index is 2.08. The van der Waals surface area contributed by atoms with Crippen LogP contribution in [0.15, 0.2) is 14.6 Å². The summed E-state index contributed by atoms with van der Waals surface area (Å²) in [6.07, 6.45) is 6.34. The van der Waals surface area contributed by atoms with Gasteiger partial charge in [0, 0.05) is 26.6 Å². The van der Waals surface area contributed by atoms with Crippen molar-refractivity contribution in [2.75, 3.05) is 12.3 Å². The van der Waals surface area contributed by atoms with Crippen LogP contribution in [0.4, 0.5) is 0 Å². The standard InChI is InChI=1S/C19H27N5O3S/c1-4-10-20-13(25)11-28-17-14-16(23(2)19(27)24(3)18(14)26)21-15(22-17)12-8-6-5-7-9-12/h12H,4-11H2,1-3H3,(H,20,25). The van der Waals surface area contributed by atoms with E-state index in [1.165, 1.54) is 29.8 Å². The number of fused-ring (bicyclic) bond motifs is 1. The summed E-state index contributed by atoms with van der Waals surface area (Å²) in [5.74, 6) is 0.972. The van der Waals surface area contributed by atoms with Gasteiger partial charge in [0.05, 0.1) is 5.75 Å². The van der Waals surface area contributed by atoms with E-state index >= 15 is 0 Å². The molecule has 2 heterocycles. The van der Waals surface area contributed by atoms with E-state index in [0.717, 1.165) is 36.7 Å². The van der Waals surface area contributed by atoms with Gasteiger partial charge in [0.15, 0.2) is 5.65 Å². The molecule has 28 heavy (non-hydrogen) atoms. The highest BCUT2D eigenvalue weighted by atomic mass is 32.2. The zero-order chi connectivity index (χ0) is 20.3. The van der Waals surface area contributed by atoms with Crippen LogP contribution in [-0.2, 0) is 18.9 Å². The van der Waals surface area contributed by atoms with Crippen LogP contribution >= 0.6 is 11.8 Å². The van der Waals surface area contributed by atoms with E-state index in [-0.39, 0.29) is 17.6 Å². The number of hydrogen-bond acceptors (Lipinski definition) is 6. The van der Waals surface area contributed by atoms with E-state index in [1.54, 1.807) is 7.05 Å². The summed E-state index contributed by atoms with van der Waals surface area (Å²) >= 11 is 1.23. The van der Waals surface area contributed by atoms with Crippen LogP contribution in [0.3, 0.4) is 0 Å². The van der Waals surface area contributed by atoms with Crippen molar-refractivity contribution in [2.24, 2.45) is 14.1 Å². The first-order valence-corrected chi connectivity index (χ1v) is 10.8. The summed E-state index contributed by atoms with van der Waals surface area (Å²) in [7, 11) is 3.06. The van der Waals surface area contributed by atoms with Gasteiger partial charge in [0.1, 0.15) is 16.2 Å². The van der Waals surface area contributed by atoms with E-state index in [0.29, 0.717) is 28.4 Å². The topological polar surface area (TPSA) is 98.9 Å². The highest BCUT2D eigenvalue weighted by Gasteiger charge is 2.23. The molecule has 2 aromatic heterocycles. The van der Waals surface area contributed by atoms with Crippen molar-refractivity contribution < 1.29 is 4.79 Å². The van der Waals surface area contributed by atoms with Crippen LogP contribution in [0.1, 0.15) is 57.2 Å². The third kappa shape index (κ3) is 4.14. The molecule has 1 amide bonds. The van der Waals surface area contributed by atoms with Crippen LogP contribution in [0.25, 0.3) is 11.0 Å². The lowest BCUT2D eigenvalue weighted by molar-refractivity contribution is -0.118. The van der Waals surface area contributed by atoms with E-state index in [9.17, 15) is 14.4 Å². The number of carbonyl (C=O) groups excluding carboxylic acids is 1. The first-order chi connectivity index (χ1) is 13.4. The second kappa shape index (κ2) is 8.89. The predicted octanol–water partition coefficient (Wildman–Crippen LogP) is 1.69. The molecule has 152 valence electrons. The molecular formula is C19H27N5O3S. The summed E-state index contributed by atoms with van der Waals surface area (Å²) in [6, 6.07) is 0. The molecular weight excluding hydrogens is 378 g/mol. The van der Waals surface area contributed by atoms with Crippen molar-refractivity contribution in [3.05, 3.63) is 26.7 Å². The van der Waals surface area contributed by atoms with Gasteiger partial charge in [-0.3, -0.25) is 18.7 Å². The molecule has 9 heteroatoms. The Bertz CT molecular complexity index is 992. The third-order valence-corrected chi connectivity index (χ3v) is 6.14. The molecule has 1 aliphatic carbocycles. The van der Waals surface area contributed by atoms with Gasteiger partial charge < -0.3 is 5.32 Å². The maximum Gasteiger partial charge on any atom is 0.332 e. The fourth-order valence-electron chi connectivity index (χ4n) is 3.54. The number of nitrogens with one attached hydrogen (secondary N) is 1. The molecule has 1 fully saturated rings. The molecule has 2 aromatic rings. The summed E-state index contributed by atoms with van der Waals surface area (Å²) < 4.78 is 2.46. The number of nitrogens with zero attached hydrogens (tertiary/aromatic N) is 4. The Morgan fingerprint density at radius 2 is 1.86 bits per heavy atom. The van der Waals surface area contributed by atoms with Crippen LogP contribution in [0, 0.1) is 0 Å². The summed E-state index contributed by atoms with van der Waals surface area (Å²) in [5.41, 5.74) is -0.493. The van der Waals surface area contributed by atoms with Crippen molar-refractivity contribution >= 4 is 28.7 Å². The number of carbonyl (C=O) groups is 1. The monoisotopic (exact) mass is 405 g/mol. The highest BCUT2D eigenvalue weighted by Crippen LogP contribution is 2.33. The molecule has 3 rings (SSSR count). The van der Waals surface area contributed by atoms with E-state index < -0.39 is 11.2 Å². The Hall–Kier alpha value is -2.16. The first-order valence-electron chi connectivity index (χ1n) is 9.81. The molecule has 0 spiro atoms. The summed E-state index contributed by atoms with van der Waals surface area (Å²) in [5, 5.41) is 3.62. The smallest absolute Gasteiger partial charge is 0.332 e. The lowest BCUT2D eigenvalue weighted by Gasteiger charge is -2.21. The lowest BCUT2D eigenvalue weighted by Crippen LogP contribution is -2.38. The van der Waals surface area contributed by atoms with Gasteiger partial charge in [-0.05, 0) is 19.3 Å². The van der Waals surface area contributed by atoms with Crippen LogP contribution in [0.5, 0.6) is 0 Å². The minimum Gasteiger partial charge on any atom is -0.355 e. The number of hydrogen-bond donors (Lipinski definition) is 1. The predicted molar refractivity (Wildman–Crippen MR) is 110 cm³/mol. The van der Waals surface area contributed by atoms with Gasteiger partial charge >= 0.3 is 5.69 Å². The maximum atomic E-state index is 12.8. The Morgan fingerprint density at radius 1 is 1.14 bits per heavy atom. The van der Waals surface area contributed by atoms with Gasteiger partial charge in [-0.2, -0.15) is 0 Å². The van der Waals surface area contributed by atoms with Crippen molar-refractivity contribution in [1.29, 1.82) is 0 Å². The molecule has 0 radical (unpaired) electrons. The van der Waals surface area contributed by atoms with Crippen LogP contribution < -0.4 is 16.6 Å². The second-order valence-electron chi connectivity index (χ2n) is 7.26. The van der Waals surface area contributed by atoms with Crippen molar-refractivity contribution in [1.82, 2.24) is 24.4 Å². The second-order valence-corrected chi connectivity index (χ2v) is 8.23. The number of aryl methyl sites for hydroxylation is 1. The number of thioether (sulfide) groups is 1. The first kappa shape index (κ1) is 20.6. The fourth-order valence-corrected chi connectivity index (χ4v) is 4.39. The highest BCUT2D eigenvalue weighted by molar-refractivity contribution is 8.00. The number of amides is 1. The quantitative estimate of drug-likeness (QED) is 0.580. The molecule has 0 saturated heterocycles. The molecule has 1 N–H and O–H groups in total. The van der Waals surface area contributed by atoms with Gasteiger partial charge in [-0.1, -0.05) is 37.9 Å². The van der Waals surface area contributed by atoms with E-state index in [4.69, 9.17) is 4.98 Å². The molecule has 0 unspecified atom stereocenters. The summed E-state index contributed by atoms with van der Waals surface area (Å²) in [4.78, 5) is 46.5. The zero-order valence-corrected chi connectivity index (χ0v) is 17.5. The molecule has 8 nitrogen and oxygen atoms in total. The minimum atomic E-state index is -0.426. The van der Waals surface area contributed by atoms with Gasteiger partial charge in [0.2, 0.25) is 5.91 Å².